The van der Waals surface area contributed by atoms with E-state index < -0.39 is 0 Å². The Kier molecular flexibility index (Phi) is 5.83. The molecule has 3 aromatic rings. The summed E-state index contributed by atoms with van der Waals surface area (Å²) in [4.78, 5) is 15.2. The Hall–Kier alpha value is -3.29. The second kappa shape index (κ2) is 8.92. The number of nitrogens with zero attached hydrogens (tertiary/aromatic N) is 1. The molecule has 2 aliphatic heterocycles. The molecule has 5 rings (SSSR count). The average molecular weight is 508 g/mol. The van der Waals surface area contributed by atoms with E-state index in [1.54, 1.807) is 26.4 Å². The van der Waals surface area contributed by atoms with Gasteiger partial charge in [-0.05, 0) is 47.5 Å². The number of hydrogen-bond acceptors (Lipinski definition) is 6. The normalized spacial score (nSPS) is 16.1. The van der Waals surface area contributed by atoms with E-state index in [1.165, 1.54) is 0 Å². The van der Waals surface area contributed by atoms with Crippen molar-refractivity contribution in [2.24, 2.45) is 0 Å². The Bertz CT molecular complexity index is 1270. The summed E-state index contributed by atoms with van der Waals surface area (Å²) in [6.45, 7) is 1.69. The fourth-order valence-corrected chi connectivity index (χ4v) is 4.48. The van der Waals surface area contributed by atoms with Crippen molar-refractivity contribution in [2.45, 2.75) is 13.1 Å². The summed E-state index contributed by atoms with van der Waals surface area (Å²) >= 11 is 3.52. The van der Waals surface area contributed by atoms with Gasteiger partial charge in [-0.1, -0.05) is 40.2 Å². The van der Waals surface area contributed by atoms with E-state index in [0.29, 0.717) is 48.4 Å². The monoisotopic (exact) mass is 507 g/mol. The number of halogens is 1. The third kappa shape index (κ3) is 4.10. The third-order valence-electron chi connectivity index (χ3n) is 5.73. The SMILES string of the molecule is COc1ccc(CN2COc3ccc4c(c3C2)O/C(=C\c2ccccc2Br)C4=O)cc1OC. The highest BCUT2D eigenvalue weighted by atomic mass is 79.9. The number of allylic oxidation sites excluding steroid dienone is 1. The second-order valence-electron chi connectivity index (χ2n) is 7.83. The fraction of sp³-hybridized carbons (Fsp3) is 0.192. The van der Waals surface area contributed by atoms with Gasteiger partial charge in [0.2, 0.25) is 5.78 Å². The van der Waals surface area contributed by atoms with Gasteiger partial charge in [0, 0.05) is 17.6 Å². The molecule has 0 unspecified atom stereocenters. The summed E-state index contributed by atoms with van der Waals surface area (Å²) in [6, 6.07) is 17.2. The molecular weight excluding hydrogens is 486 g/mol. The molecule has 7 heteroatoms. The molecule has 0 fully saturated rings. The standard InChI is InChI=1S/C26H22BrNO5/c1-30-22-9-7-16(11-23(22)31-2)13-28-14-19-21(32-15-28)10-8-18-25(29)24(33-26(18)19)12-17-5-3-4-6-20(17)27/h3-12H,13-15H2,1-2H3/b24-12-. The summed E-state index contributed by atoms with van der Waals surface area (Å²) in [7, 11) is 3.24. The van der Waals surface area contributed by atoms with Crippen molar-refractivity contribution < 1.29 is 23.7 Å². The van der Waals surface area contributed by atoms with Gasteiger partial charge in [0.05, 0.1) is 25.3 Å². The molecule has 0 spiro atoms. The second-order valence-corrected chi connectivity index (χ2v) is 8.68. The van der Waals surface area contributed by atoms with Gasteiger partial charge in [0.1, 0.15) is 18.2 Å². The van der Waals surface area contributed by atoms with Gasteiger partial charge in [-0.3, -0.25) is 9.69 Å². The van der Waals surface area contributed by atoms with E-state index >= 15 is 0 Å². The molecular formula is C26H22BrNO5. The van der Waals surface area contributed by atoms with E-state index in [-0.39, 0.29) is 5.78 Å². The van der Waals surface area contributed by atoms with Crippen LogP contribution in [0.4, 0.5) is 0 Å². The molecule has 0 atom stereocenters. The van der Waals surface area contributed by atoms with Crippen LogP contribution in [0.3, 0.4) is 0 Å². The Morgan fingerprint density at radius 2 is 1.88 bits per heavy atom. The van der Waals surface area contributed by atoms with Gasteiger partial charge in [0.25, 0.3) is 0 Å². The fourth-order valence-electron chi connectivity index (χ4n) is 4.08. The predicted molar refractivity (Wildman–Crippen MR) is 128 cm³/mol. The van der Waals surface area contributed by atoms with Crippen molar-refractivity contribution in [1.82, 2.24) is 4.90 Å². The van der Waals surface area contributed by atoms with Crippen molar-refractivity contribution in [1.29, 1.82) is 0 Å². The Morgan fingerprint density at radius 3 is 2.67 bits per heavy atom. The number of Topliss-reactive ketones (excluding diaryl/α,β-unsaturated/α-hetero) is 1. The highest BCUT2D eigenvalue weighted by Crippen LogP contribution is 2.42. The highest BCUT2D eigenvalue weighted by Gasteiger charge is 2.33. The van der Waals surface area contributed by atoms with Gasteiger partial charge in [-0.2, -0.15) is 0 Å². The van der Waals surface area contributed by atoms with E-state index in [2.05, 4.69) is 20.8 Å². The van der Waals surface area contributed by atoms with E-state index in [4.69, 9.17) is 18.9 Å². The van der Waals surface area contributed by atoms with Crippen LogP contribution < -0.4 is 18.9 Å². The minimum absolute atomic E-state index is 0.124. The van der Waals surface area contributed by atoms with Crippen LogP contribution in [0.15, 0.2) is 64.8 Å². The summed E-state index contributed by atoms with van der Waals surface area (Å²) in [5, 5.41) is 0. The number of carbonyl (C=O) groups is 1. The predicted octanol–water partition coefficient (Wildman–Crippen LogP) is 5.43. The quantitative estimate of drug-likeness (QED) is 0.429. The van der Waals surface area contributed by atoms with E-state index in [0.717, 1.165) is 26.9 Å². The van der Waals surface area contributed by atoms with Gasteiger partial charge >= 0.3 is 0 Å². The lowest BCUT2D eigenvalue weighted by Crippen LogP contribution is -2.31. The number of fused-ring (bicyclic) bond motifs is 3. The molecule has 2 aliphatic rings. The number of methoxy groups -OCH3 is 2. The van der Waals surface area contributed by atoms with Gasteiger partial charge in [-0.15, -0.1) is 0 Å². The molecule has 33 heavy (non-hydrogen) atoms. The van der Waals surface area contributed by atoms with Crippen LogP contribution in [-0.2, 0) is 13.1 Å². The number of carbonyl (C=O) groups excluding carboxylic acids is 1. The smallest absolute Gasteiger partial charge is 0.231 e. The number of ether oxygens (including phenoxy) is 4. The average Bonchev–Trinajstić information content (AvgIpc) is 3.16. The minimum Gasteiger partial charge on any atom is -0.493 e. The van der Waals surface area contributed by atoms with Crippen LogP contribution in [0.2, 0.25) is 0 Å². The first kappa shape index (κ1) is 21.6. The first-order valence-electron chi connectivity index (χ1n) is 10.5. The largest absolute Gasteiger partial charge is 0.493 e. The molecule has 0 aromatic heterocycles. The number of benzene rings is 3. The third-order valence-corrected chi connectivity index (χ3v) is 6.45. The molecule has 2 heterocycles. The van der Waals surface area contributed by atoms with E-state index in [9.17, 15) is 4.79 Å². The molecule has 0 radical (unpaired) electrons. The number of hydrogen-bond donors (Lipinski definition) is 0. The van der Waals surface area contributed by atoms with Crippen molar-refractivity contribution >= 4 is 27.8 Å². The van der Waals surface area contributed by atoms with Crippen LogP contribution >= 0.6 is 15.9 Å². The topological polar surface area (TPSA) is 57.2 Å². The van der Waals surface area contributed by atoms with E-state index in [1.807, 2.05) is 48.5 Å². The summed E-state index contributed by atoms with van der Waals surface area (Å²) in [5.41, 5.74) is 3.39. The maximum absolute atomic E-state index is 13.0. The number of rotatable bonds is 5. The summed E-state index contributed by atoms with van der Waals surface area (Å²) < 4.78 is 23.7. The lowest BCUT2D eigenvalue weighted by Gasteiger charge is -2.29. The van der Waals surface area contributed by atoms with Gasteiger partial charge in [0.15, 0.2) is 17.3 Å². The van der Waals surface area contributed by atoms with Gasteiger partial charge < -0.3 is 18.9 Å². The zero-order chi connectivity index (χ0) is 22.9. The van der Waals surface area contributed by atoms with Gasteiger partial charge in [-0.25, -0.2) is 0 Å². The van der Waals surface area contributed by atoms with Crippen molar-refractivity contribution in [3.05, 3.63) is 87.1 Å². The Balaban J connectivity index is 1.40. The van der Waals surface area contributed by atoms with Crippen LogP contribution in [-0.4, -0.2) is 31.6 Å². The summed E-state index contributed by atoms with van der Waals surface area (Å²) in [6.07, 6.45) is 1.77. The molecule has 0 aliphatic carbocycles. The Labute approximate surface area is 200 Å². The summed E-state index contributed by atoms with van der Waals surface area (Å²) in [5.74, 6) is 2.88. The molecule has 0 saturated carbocycles. The molecule has 168 valence electrons. The highest BCUT2D eigenvalue weighted by molar-refractivity contribution is 9.10. The molecule has 3 aromatic carbocycles. The van der Waals surface area contributed by atoms with Crippen molar-refractivity contribution in [3.63, 3.8) is 0 Å². The maximum Gasteiger partial charge on any atom is 0.231 e. The lowest BCUT2D eigenvalue weighted by atomic mass is 10.0. The molecule has 0 saturated heterocycles. The number of ketones is 1. The molecule has 0 bridgehead atoms. The molecule has 0 N–H and O–H groups in total. The first-order valence-corrected chi connectivity index (χ1v) is 11.3. The van der Waals surface area contributed by atoms with Crippen LogP contribution in [0.5, 0.6) is 23.0 Å². The molecule has 6 nitrogen and oxygen atoms in total. The van der Waals surface area contributed by atoms with Crippen LogP contribution in [0.1, 0.15) is 27.0 Å². The van der Waals surface area contributed by atoms with Crippen LogP contribution in [0, 0.1) is 0 Å². The maximum atomic E-state index is 13.0. The van der Waals surface area contributed by atoms with Crippen molar-refractivity contribution in [3.8, 4) is 23.0 Å². The van der Waals surface area contributed by atoms with Crippen molar-refractivity contribution in [2.75, 3.05) is 21.0 Å². The first-order chi connectivity index (χ1) is 16.1. The zero-order valence-electron chi connectivity index (χ0n) is 18.3. The lowest BCUT2D eigenvalue weighted by molar-refractivity contribution is 0.0872. The zero-order valence-corrected chi connectivity index (χ0v) is 19.8. The Morgan fingerprint density at radius 1 is 1.06 bits per heavy atom. The molecule has 0 amide bonds. The van der Waals surface area contributed by atoms with Crippen LogP contribution in [0.25, 0.3) is 6.08 Å². The minimum atomic E-state index is -0.124.